The summed E-state index contributed by atoms with van der Waals surface area (Å²) >= 11 is 6.05. The summed E-state index contributed by atoms with van der Waals surface area (Å²) in [5.41, 5.74) is 2.07. The summed E-state index contributed by atoms with van der Waals surface area (Å²) in [6.07, 6.45) is 4.53. The number of piperidine rings is 1. The molecule has 1 aliphatic heterocycles. The zero-order valence-corrected chi connectivity index (χ0v) is 13.2. The Morgan fingerprint density at radius 1 is 1.38 bits per heavy atom. The Kier molecular flexibility index (Phi) is 4.48. The van der Waals surface area contributed by atoms with Gasteiger partial charge in [-0.1, -0.05) is 18.0 Å². The van der Waals surface area contributed by atoms with E-state index in [0.717, 1.165) is 41.4 Å². The molecule has 0 saturated carbocycles. The summed E-state index contributed by atoms with van der Waals surface area (Å²) in [5, 5.41) is 9.96. The summed E-state index contributed by atoms with van der Waals surface area (Å²) < 4.78 is 2.15. The standard InChI is InChI=1S/C16H22ClN3O/c1-19-15-6-5-12(17)10-14(15)18-16(19)11-20-8-3-2-4-13(20)7-9-21/h5-6,10,13,21H,2-4,7-9,11H2,1H3/t13-/m0/s1. The second-order valence-electron chi connectivity index (χ2n) is 5.85. The van der Waals surface area contributed by atoms with Crippen molar-refractivity contribution < 1.29 is 5.11 Å². The molecule has 1 fully saturated rings. The Balaban J connectivity index is 1.84. The maximum Gasteiger partial charge on any atom is 0.123 e. The van der Waals surface area contributed by atoms with E-state index in [4.69, 9.17) is 16.6 Å². The van der Waals surface area contributed by atoms with Crippen LogP contribution in [0.1, 0.15) is 31.5 Å². The van der Waals surface area contributed by atoms with Crippen molar-refractivity contribution in [2.75, 3.05) is 13.2 Å². The Hall–Kier alpha value is -1.10. The zero-order chi connectivity index (χ0) is 14.8. The number of nitrogens with zero attached hydrogens (tertiary/aromatic N) is 3. The molecule has 0 spiro atoms. The molecule has 114 valence electrons. The minimum absolute atomic E-state index is 0.263. The van der Waals surface area contributed by atoms with Crippen LogP contribution in [0.3, 0.4) is 0 Å². The maximum atomic E-state index is 9.24. The van der Waals surface area contributed by atoms with E-state index in [2.05, 4.69) is 16.5 Å². The van der Waals surface area contributed by atoms with Gasteiger partial charge in [-0.25, -0.2) is 4.98 Å². The highest BCUT2D eigenvalue weighted by Crippen LogP contribution is 2.24. The molecule has 0 unspecified atom stereocenters. The molecule has 1 aliphatic rings. The quantitative estimate of drug-likeness (QED) is 0.944. The Bertz CT molecular complexity index is 623. The molecule has 1 aromatic heterocycles. The third-order valence-electron chi connectivity index (χ3n) is 4.49. The largest absolute Gasteiger partial charge is 0.396 e. The van der Waals surface area contributed by atoms with E-state index in [1.54, 1.807) is 0 Å². The molecule has 1 saturated heterocycles. The SMILES string of the molecule is Cn1c(CN2CCCC[C@H]2CCO)nc2cc(Cl)ccc21. The molecule has 0 radical (unpaired) electrons. The summed E-state index contributed by atoms with van der Waals surface area (Å²) in [5.74, 6) is 1.07. The third kappa shape index (κ3) is 3.07. The molecule has 1 N–H and O–H groups in total. The molecule has 4 nitrogen and oxygen atoms in total. The van der Waals surface area contributed by atoms with E-state index in [1.165, 1.54) is 19.3 Å². The lowest BCUT2D eigenvalue weighted by molar-refractivity contribution is 0.109. The van der Waals surface area contributed by atoms with Crippen molar-refractivity contribution in [1.82, 2.24) is 14.5 Å². The molecule has 1 atom stereocenters. The van der Waals surface area contributed by atoms with E-state index < -0.39 is 0 Å². The van der Waals surface area contributed by atoms with E-state index >= 15 is 0 Å². The molecule has 0 bridgehead atoms. The van der Waals surface area contributed by atoms with Crippen molar-refractivity contribution >= 4 is 22.6 Å². The van der Waals surface area contributed by atoms with Gasteiger partial charge in [-0.2, -0.15) is 0 Å². The summed E-state index contributed by atoms with van der Waals surface area (Å²) in [6, 6.07) is 6.33. The smallest absolute Gasteiger partial charge is 0.123 e. The predicted octanol–water partition coefficient (Wildman–Crippen LogP) is 2.96. The van der Waals surface area contributed by atoms with Crippen molar-refractivity contribution in [3.8, 4) is 0 Å². The first-order valence-corrected chi connectivity index (χ1v) is 8.02. The fourth-order valence-electron chi connectivity index (χ4n) is 3.29. The Morgan fingerprint density at radius 3 is 3.05 bits per heavy atom. The first-order valence-electron chi connectivity index (χ1n) is 7.65. The Morgan fingerprint density at radius 2 is 2.24 bits per heavy atom. The van der Waals surface area contributed by atoms with Gasteiger partial charge in [0.25, 0.3) is 0 Å². The van der Waals surface area contributed by atoms with Crippen LogP contribution in [-0.2, 0) is 13.6 Å². The number of likely N-dealkylation sites (tertiary alicyclic amines) is 1. The molecule has 1 aromatic carbocycles. The van der Waals surface area contributed by atoms with Crippen molar-refractivity contribution in [2.45, 2.75) is 38.3 Å². The molecule has 2 heterocycles. The third-order valence-corrected chi connectivity index (χ3v) is 4.73. The molecule has 0 amide bonds. The van der Waals surface area contributed by atoms with Gasteiger partial charge in [-0.3, -0.25) is 4.90 Å². The van der Waals surface area contributed by atoms with Gasteiger partial charge in [0.2, 0.25) is 0 Å². The average molecular weight is 308 g/mol. The topological polar surface area (TPSA) is 41.3 Å². The first-order chi connectivity index (χ1) is 10.2. The second kappa shape index (κ2) is 6.34. The van der Waals surface area contributed by atoms with Crippen molar-refractivity contribution in [3.05, 3.63) is 29.0 Å². The minimum atomic E-state index is 0.263. The van der Waals surface area contributed by atoms with Crippen LogP contribution in [0.15, 0.2) is 18.2 Å². The number of aromatic nitrogens is 2. The van der Waals surface area contributed by atoms with Crippen LogP contribution >= 0.6 is 11.6 Å². The lowest BCUT2D eigenvalue weighted by atomic mass is 10.00. The number of aliphatic hydroxyl groups is 1. The van der Waals surface area contributed by atoms with Gasteiger partial charge >= 0.3 is 0 Å². The summed E-state index contributed by atoms with van der Waals surface area (Å²) in [7, 11) is 2.06. The van der Waals surface area contributed by atoms with Gasteiger partial charge in [0.15, 0.2) is 0 Å². The monoisotopic (exact) mass is 307 g/mol. The predicted molar refractivity (Wildman–Crippen MR) is 85.5 cm³/mol. The molecule has 0 aliphatic carbocycles. The van der Waals surface area contributed by atoms with Gasteiger partial charge < -0.3 is 9.67 Å². The molecular weight excluding hydrogens is 286 g/mol. The van der Waals surface area contributed by atoms with Crippen LogP contribution in [-0.4, -0.2) is 38.8 Å². The van der Waals surface area contributed by atoms with Gasteiger partial charge in [-0.05, 0) is 44.0 Å². The number of aliphatic hydroxyl groups excluding tert-OH is 1. The van der Waals surface area contributed by atoms with Crippen molar-refractivity contribution in [1.29, 1.82) is 0 Å². The van der Waals surface area contributed by atoms with Crippen LogP contribution < -0.4 is 0 Å². The number of hydrogen-bond donors (Lipinski definition) is 1. The van der Waals surface area contributed by atoms with Gasteiger partial charge in [0.1, 0.15) is 5.82 Å². The number of imidazole rings is 1. The van der Waals surface area contributed by atoms with E-state index in [-0.39, 0.29) is 6.61 Å². The maximum absolute atomic E-state index is 9.24. The van der Waals surface area contributed by atoms with Crippen molar-refractivity contribution in [3.63, 3.8) is 0 Å². The molecule has 21 heavy (non-hydrogen) atoms. The normalized spacial score (nSPS) is 20.2. The van der Waals surface area contributed by atoms with E-state index in [1.807, 2.05) is 18.2 Å². The number of aryl methyl sites for hydroxylation is 1. The van der Waals surface area contributed by atoms with Crippen LogP contribution in [0.2, 0.25) is 5.02 Å². The molecule has 5 heteroatoms. The van der Waals surface area contributed by atoms with Crippen LogP contribution in [0.5, 0.6) is 0 Å². The van der Waals surface area contributed by atoms with Gasteiger partial charge in [-0.15, -0.1) is 0 Å². The van der Waals surface area contributed by atoms with Gasteiger partial charge in [0, 0.05) is 24.7 Å². The molecular formula is C16H22ClN3O. The average Bonchev–Trinajstić information content (AvgIpc) is 2.77. The highest BCUT2D eigenvalue weighted by Gasteiger charge is 2.23. The minimum Gasteiger partial charge on any atom is -0.396 e. The van der Waals surface area contributed by atoms with Crippen LogP contribution in [0.4, 0.5) is 0 Å². The van der Waals surface area contributed by atoms with Gasteiger partial charge in [0.05, 0.1) is 17.6 Å². The van der Waals surface area contributed by atoms with Crippen LogP contribution in [0, 0.1) is 0 Å². The Labute approximate surface area is 130 Å². The summed E-state index contributed by atoms with van der Waals surface area (Å²) in [4.78, 5) is 7.20. The fourth-order valence-corrected chi connectivity index (χ4v) is 3.46. The number of fused-ring (bicyclic) bond motifs is 1. The molecule has 2 aromatic rings. The van der Waals surface area contributed by atoms with Crippen LogP contribution in [0.25, 0.3) is 11.0 Å². The van der Waals surface area contributed by atoms with E-state index in [9.17, 15) is 5.11 Å². The lowest BCUT2D eigenvalue weighted by Gasteiger charge is -2.35. The fraction of sp³-hybridized carbons (Fsp3) is 0.562. The number of halogens is 1. The highest BCUT2D eigenvalue weighted by atomic mass is 35.5. The summed E-state index contributed by atoms with van der Waals surface area (Å²) in [6.45, 7) is 2.20. The number of benzene rings is 1. The van der Waals surface area contributed by atoms with Crippen molar-refractivity contribution in [2.24, 2.45) is 7.05 Å². The first kappa shape index (κ1) is 14.8. The lowest BCUT2D eigenvalue weighted by Crippen LogP contribution is -2.40. The number of rotatable bonds is 4. The number of hydrogen-bond acceptors (Lipinski definition) is 3. The molecule has 3 rings (SSSR count). The highest BCUT2D eigenvalue weighted by molar-refractivity contribution is 6.31. The van der Waals surface area contributed by atoms with E-state index in [0.29, 0.717) is 6.04 Å². The second-order valence-corrected chi connectivity index (χ2v) is 6.29. The zero-order valence-electron chi connectivity index (χ0n) is 12.4.